The molecule has 1 fully saturated rings. The number of hydrogen-bond donors (Lipinski definition) is 1. The maximum absolute atomic E-state index is 13.1. The van der Waals surface area contributed by atoms with Crippen molar-refractivity contribution in [3.05, 3.63) is 53.1 Å². The lowest BCUT2D eigenvalue weighted by Gasteiger charge is -2.29. The monoisotopic (exact) mass is 412 g/mol. The van der Waals surface area contributed by atoms with Crippen LogP contribution in [0.1, 0.15) is 11.1 Å². The number of rotatable bonds is 5. The van der Waals surface area contributed by atoms with Crippen molar-refractivity contribution in [3.63, 3.8) is 0 Å². The van der Waals surface area contributed by atoms with Crippen molar-refractivity contribution in [2.75, 3.05) is 26.2 Å². The third-order valence-electron chi connectivity index (χ3n) is 4.54. The molecule has 1 saturated heterocycles. The van der Waals surface area contributed by atoms with E-state index >= 15 is 0 Å². The third kappa shape index (κ3) is 3.79. The van der Waals surface area contributed by atoms with E-state index in [-0.39, 0.29) is 10.7 Å². The fourth-order valence-corrected chi connectivity index (χ4v) is 3.36. The Morgan fingerprint density at radius 2 is 1.66 bits per heavy atom. The molecule has 0 aliphatic carbocycles. The number of carbonyl (C=O) groups excluding carboxylic acids is 2. The average molecular weight is 412 g/mol. The fourth-order valence-electron chi connectivity index (χ4n) is 3.08. The van der Waals surface area contributed by atoms with E-state index in [2.05, 4.69) is 5.32 Å². The molecular weight excluding hydrogens is 392 g/mol. The van der Waals surface area contributed by atoms with Crippen molar-refractivity contribution < 1.29 is 23.8 Å². The molecule has 1 aliphatic rings. The molecule has 8 heteroatoms. The highest BCUT2D eigenvalue weighted by atomic mass is 32.1. The summed E-state index contributed by atoms with van der Waals surface area (Å²) in [6.07, 6.45) is 1.49. The number of thiocarbonyl (C=S) groups is 1. The van der Waals surface area contributed by atoms with Crippen LogP contribution in [0.5, 0.6) is 17.2 Å². The first-order valence-electron chi connectivity index (χ1n) is 8.68. The van der Waals surface area contributed by atoms with E-state index in [0.29, 0.717) is 28.5 Å². The lowest BCUT2D eigenvalue weighted by atomic mass is 10.0. The number of nitrogens with zero attached hydrogens (tertiary/aromatic N) is 1. The zero-order chi connectivity index (χ0) is 21.1. The van der Waals surface area contributed by atoms with Gasteiger partial charge in [-0.05, 0) is 61.6 Å². The molecule has 0 saturated carbocycles. The first-order chi connectivity index (χ1) is 13.9. The average Bonchev–Trinajstić information content (AvgIpc) is 2.71. The SMILES string of the molecule is COc1ccc(N2C(=O)C(=Cc3ccc(OC)c(C)c3OC)C(=O)NC2=S)cc1. The van der Waals surface area contributed by atoms with Gasteiger partial charge in [-0.2, -0.15) is 0 Å². The summed E-state index contributed by atoms with van der Waals surface area (Å²) in [6, 6.07) is 10.3. The van der Waals surface area contributed by atoms with Crippen LogP contribution in [0.2, 0.25) is 0 Å². The highest BCUT2D eigenvalue weighted by Gasteiger charge is 2.34. The van der Waals surface area contributed by atoms with Crippen molar-refractivity contribution in [2.24, 2.45) is 0 Å². The van der Waals surface area contributed by atoms with E-state index in [1.807, 2.05) is 6.92 Å². The molecule has 2 aromatic carbocycles. The highest BCUT2D eigenvalue weighted by molar-refractivity contribution is 7.80. The Morgan fingerprint density at radius 3 is 2.24 bits per heavy atom. The van der Waals surface area contributed by atoms with Gasteiger partial charge in [0.05, 0.1) is 27.0 Å². The molecule has 7 nitrogen and oxygen atoms in total. The van der Waals surface area contributed by atoms with Gasteiger partial charge in [-0.1, -0.05) is 0 Å². The van der Waals surface area contributed by atoms with E-state index in [4.69, 9.17) is 26.4 Å². The molecule has 150 valence electrons. The lowest BCUT2D eigenvalue weighted by Crippen LogP contribution is -2.54. The zero-order valence-corrected chi connectivity index (χ0v) is 17.3. The molecule has 2 amide bonds. The van der Waals surface area contributed by atoms with Crippen molar-refractivity contribution in [1.82, 2.24) is 5.32 Å². The highest BCUT2D eigenvalue weighted by Crippen LogP contribution is 2.33. The smallest absolute Gasteiger partial charge is 0.270 e. The summed E-state index contributed by atoms with van der Waals surface area (Å²) in [7, 11) is 4.63. The molecule has 3 rings (SSSR count). The molecule has 1 N–H and O–H groups in total. The van der Waals surface area contributed by atoms with Crippen LogP contribution in [0.3, 0.4) is 0 Å². The van der Waals surface area contributed by atoms with E-state index < -0.39 is 11.8 Å². The minimum Gasteiger partial charge on any atom is -0.497 e. The van der Waals surface area contributed by atoms with Crippen LogP contribution in [0.15, 0.2) is 42.0 Å². The van der Waals surface area contributed by atoms with Gasteiger partial charge in [0.15, 0.2) is 5.11 Å². The van der Waals surface area contributed by atoms with Crippen molar-refractivity contribution in [2.45, 2.75) is 6.92 Å². The van der Waals surface area contributed by atoms with E-state index in [1.54, 1.807) is 50.6 Å². The summed E-state index contributed by atoms with van der Waals surface area (Å²) < 4.78 is 15.9. The molecule has 0 atom stereocenters. The Kier molecular flexibility index (Phi) is 5.84. The fraction of sp³-hybridized carbons (Fsp3) is 0.190. The van der Waals surface area contributed by atoms with Gasteiger partial charge >= 0.3 is 0 Å². The summed E-state index contributed by atoms with van der Waals surface area (Å²) in [5, 5.41) is 2.58. The molecule has 0 unspecified atom stereocenters. The molecule has 1 aliphatic heterocycles. The molecular formula is C21H20N2O5S. The second kappa shape index (κ2) is 8.32. The zero-order valence-electron chi connectivity index (χ0n) is 16.4. The maximum Gasteiger partial charge on any atom is 0.270 e. The summed E-state index contributed by atoms with van der Waals surface area (Å²) in [4.78, 5) is 26.9. The standard InChI is InChI=1S/C21H20N2O5S/c1-12-17(27-3)10-5-13(18(12)28-4)11-16-19(24)22-21(29)23(20(16)25)14-6-8-15(26-2)9-7-14/h5-11H,1-4H3,(H,22,24,29). The lowest BCUT2D eigenvalue weighted by molar-refractivity contribution is -0.122. The molecule has 2 aromatic rings. The van der Waals surface area contributed by atoms with Crippen LogP contribution in [-0.4, -0.2) is 38.3 Å². The normalized spacial score (nSPS) is 15.4. The van der Waals surface area contributed by atoms with E-state index in [1.165, 1.54) is 18.1 Å². The van der Waals surface area contributed by atoms with E-state index in [0.717, 1.165) is 5.56 Å². The van der Waals surface area contributed by atoms with Crippen LogP contribution >= 0.6 is 12.2 Å². The molecule has 0 spiro atoms. The third-order valence-corrected chi connectivity index (χ3v) is 4.83. The van der Waals surface area contributed by atoms with E-state index in [9.17, 15) is 9.59 Å². The van der Waals surface area contributed by atoms with Gasteiger partial charge < -0.3 is 14.2 Å². The Labute approximate surface area is 173 Å². The van der Waals surface area contributed by atoms with Crippen LogP contribution in [0.4, 0.5) is 5.69 Å². The number of hydrogen-bond acceptors (Lipinski definition) is 6. The van der Waals surface area contributed by atoms with Crippen LogP contribution in [0, 0.1) is 6.92 Å². The predicted molar refractivity (Wildman–Crippen MR) is 113 cm³/mol. The summed E-state index contributed by atoms with van der Waals surface area (Å²) in [5.74, 6) is 0.702. The van der Waals surface area contributed by atoms with Crippen LogP contribution in [0.25, 0.3) is 6.08 Å². The predicted octanol–water partition coefficient (Wildman–Crippen LogP) is 2.85. The van der Waals surface area contributed by atoms with Crippen molar-refractivity contribution in [3.8, 4) is 17.2 Å². The largest absolute Gasteiger partial charge is 0.497 e. The second-order valence-electron chi connectivity index (χ2n) is 6.17. The Hall–Kier alpha value is -3.39. The Bertz CT molecular complexity index is 1010. The van der Waals surface area contributed by atoms with Crippen molar-refractivity contribution >= 4 is 40.9 Å². The van der Waals surface area contributed by atoms with Gasteiger partial charge in [0.1, 0.15) is 22.8 Å². The second-order valence-corrected chi connectivity index (χ2v) is 6.56. The number of anilines is 1. The number of methoxy groups -OCH3 is 3. The quantitative estimate of drug-likeness (QED) is 0.462. The molecule has 0 aromatic heterocycles. The maximum atomic E-state index is 13.1. The number of ether oxygens (including phenoxy) is 3. The molecule has 1 heterocycles. The van der Waals surface area contributed by atoms with Crippen LogP contribution in [-0.2, 0) is 9.59 Å². The van der Waals surface area contributed by atoms with Gasteiger partial charge in [-0.3, -0.25) is 19.8 Å². The van der Waals surface area contributed by atoms with Crippen molar-refractivity contribution in [1.29, 1.82) is 0 Å². The van der Waals surface area contributed by atoms with Gasteiger partial charge in [0.25, 0.3) is 11.8 Å². The number of amides is 2. The minimum absolute atomic E-state index is 0.0141. The summed E-state index contributed by atoms with van der Waals surface area (Å²) >= 11 is 5.22. The van der Waals surface area contributed by atoms with Gasteiger partial charge in [0, 0.05) is 11.1 Å². The van der Waals surface area contributed by atoms with Gasteiger partial charge in [-0.25, -0.2) is 0 Å². The number of nitrogens with one attached hydrogen (secondary N) is 1. The Morgan fingerprint density at radius 1 is 0.966 bits per heavy atom. The number of benzene rings is 2. The Balaban J connectivity index is 2.05. The first kappa shape index (κ1) is 20.3. The summed E-state index contributed by atoms with van der Waals surface area (Å²) in [6.45, 7) is 1.83. The van der Waals surface area contributed by atoms with Gasteiger partial charge in [0.2, 0.25) is 0 Å². The minimum atomic E-state index is -0.569. The van der Waals surface area contributed by atoms with Crippen LogP contribution < -0.4 is 24.4 Å². The topological polar surface area (TPSA) is 77.1 Å². The first-order valence-corrected chi connectivity index (χ1v) is 9.09. The number of carbonyl (C=O) groups is 2. The van der Waals surface area contributed by atoms with Gasteiger partial charge in [-0.15, -0.1) is 0 Å². The molecule has 29 heavy (non-hydrogen) atoms. The summed E-state index contributed by atoms with van der Waals surface area (Å²) in [5.41, 5.74) is 1.80. The molecule has 0 bridgehead atoms. The molecule has 0 radical (unpaired) electrons.